The number of rotatable bonds is 9. The molecule has 0 aromatic heterocycles. The second-order valence-corrected chi connectivity index (χ2v) is 5.06. The minimum absolute atomic E-state index is 0.0561. The van der Waals surface area contributed by atoms with Crippen LogP contribution in [0.1, 0.15) is 46.5 Å². The maximum Gasteiger partial charge on any atom is 0.188 e. The van der Waals surface area contributed by atoms with Crippen LogP contribution in [-0.2, 0) is 9.47 Å². The Bertz CT molecular complexity index is 432. The minimum Gasteiger partial charge on any atom is -0.474 e. The smallest absolute Gasteiger partial charge is 0.188 e. The predicted molar refractivity (Wildman–Crippen MR) is 83.9 cm³/mol. The van der Waals surface area contributed by atoms with Crippen LogP contribution in [0.5, 0.6) is 0 Å². The molecule has 1 N–H and O–H groups in total. The lowest BCUT2D eigenvalue weighted by Crippen LogP contribution is -2.28. The molecule has 1 rings (SSSR count). The first kappa shape index (κ1) is 18.6. The Hall–Kier alpha value is -1.43. The molecular weight excluding hydrogens is 290 g/mol. The standard InChI is InChI=1S/C16H26F2N2O2/c1-4-9-21-11-19-15-7-6-8-16(20-15)22-10-13(12(3)17)14(18)5-2/h8,12H,4-7,9-11H2,1-3H3,(H,19,20)/b14-13+/t12-/m1/s1. The molecule has 0 unspecified atom stereocenters. The maximum atomic E-state index is 13.6. The van der Waals surface area contributed by atoms with Crippen LogP contribution in [0.2, 0.25) is 0 Å². The van der Waals surface area contributed by atoms with Crippen molar-refractivity contribution in [3.05, 3.63) is 23.4 Å². The molecule has 0 saturated carbocycles. The number of ether oxygens (including phenoxy) is 2. The van der Waals surface area contributed by atoms with Gasteiger partial charge in [0.05, 0.1) is 0 Å². The number of amidine groups is 1. The van der Waals surface area contributed by atoms with Crippen molar-refractivity contribution in [3.63, 3.8) is 0 Å². The quantitative estimate of drug-likeness (QED) is 0.654. The number of hydrogen-bond donors (Lipinski definition) is 1. The summed E-state index contributed by atoms with van der Waals surface area (Å²) in [6.07, 6.45) is 3.16. The van der Waals surface area contributed by atoms with E-state index < -0.39 is 12.0 Å². The van der Waals surface area contributed by atoms with Gasteiger partial charge in [-0.15, -0.1) is 0 Å². The summed E-state index contributed by atoms with van der Waals surface area (Å²) in [5, 5.41) is 3.02. The van der Waals surface area contributed by atoms with E-state index >= 15 is 0 Å². The molecule has 0 aromatic carbocycles. The molecule has 0 bridgehead atoms. The fourth-order valence-corrected chi connectivity index (χ4v) is 1.93. The zero-order valence-electron chi connectivity index (χ0n) is 13.6. The third kappa shape index (κ3) is 6.56. The number of aliphatic imine (C=N–C) groups is 1. The highest BCUT2D eigenvalue weighted by atomic mass is 19.1. The Balaban J connectivity index is 2.51. The predicted octanol–water partition coefficient (Wildman–Crippen LogP) is 4.00. The third-order valence-corrected chi connectivity index (χ3v) is 3.20. The van der Waals surface area contributed by atoms with Gasteiger partial charge in [0.2, 0.25) is 0 Å². The highest BCUT2D eigenvalue weighted by molar-refractivity contribution is 5.84. The molecule has 0 aliphatic carbocycles. The van der Waals surface area contributed by atoms with Crippen molar-refractivity contribution in [2.45, 2.75) is 52.6 Å². The third-order valence-electron chi connectivity index (χ3n) is 3.20. The van der Waals surface area contributed by atoms with Gasteiger partial charge in [0.1, 0.15) is 31.2 Å². The van der Waals surface area contributed by atoms with Gasteiger partial charge < -0.3 is 14.8 Å². The first-order valence-electron chi connectivity index (χ1n) is 7.81. The number of hydrogen-bond acceptors (Lipinski definition) is 3. The lowest BCUT2D eigenvalue weighted by atomic mass is 10.1. The van der Waals surface area contributed by atoms with E-state index in [1.807, 2.05) is 13.0 Å². The van der Waals surface area contributed by atoms with Gasteiger partial charge in [-0.25, -0.2) is 13.8 Å². The average molecular weight is 316 g/mol. The van der Waals surface area contributed by atoms with Gasteiger partial charge in [-0.3, -0.25) is 0 Å². The molecular formula is C16H26F2N2O2. The van der Waals surface area contributed by atoms with Crippen molar-refractivity contribution in [2.24, 2.45) is 4.99 Å². The maximum absolute atomic E-state index is 13.6. The molecule has 0 saturated heterocycles. The lowest BCUT2D eigenvalue weighted by Gasteiger charge is -2.20. The fraction of sp³-hybridized carbons (Fsp3) is 0.688. The zero-order chi connectivity index (χ0) is 16.4. The van der Waals surface area contributed by atoms with Gasteiger partial charge in [0, 0.05) is 18.6 Å². The summed E-state index contributed by atoms with van der Waals surface area (Å²) in [5.41, 5.74) is 0.0561. The van der Waals surface area contributed by atoms with E-state index in [0.717, 1.165) is 25.1 Å². The molecule has 6 heteroatoms. The van der Waals surface area contributed by atoms with Crippen LogP contribution < -0.4 is 5.32 Å². The van der Waals surface area contributed by atoms with E-state index in [9.17, 15) is 8.78 Å². The van der Waals surface area contributed by atoms with Crippen molar-refractivity contribution < 1.29 is 18.3 Å². The van der Waals surface area contributed by atoms with E-state index in [4.69, 9.17) is 9.47 Å². The number of nitrogens with one attached hydrogen (secondary N) is 1. The van der Waals surface area contributed by atoms with Crippen molar-refractivity contribution in [1.82, 2.24) is 5.32 Å². The van der Waals surface area contributed by atoms with Gasteiger partial charge in [-0.05, 0) is 32.3 Å². The van der Waals surface area contributed by atoms with E-state index in [0.29, 0.717) is 19.2 Å². The molecule has 0 spiro atoms. The molecule has 1 atom stereocenters. The number of alkyl halides is 1. The van der Waals surface area contributed by atoms with Crippen LogP contribution in [0, 0.1) is 0 Å². The molecule has 0 radical (unpaired) electrons. The summed E-state index contributed by atoms with van der Waals surface area (Å²) in [6, 6.07) is 0. The van der Waals surface area contributed by atoms with Crippen LogP contribution in [0.3, 0.4) is 0 Å². The van der Waals surface area contributed by atoms with Crippen LogP contribution in [0.15, 0.2) is 28.4 Å². The topological polar surface area (TPSA) is 42.9 Å². The van der Waals surface area contributed by atoms with Crippen molar-refractivity contribution in [2.75, 3.05) is 19.9 Å². The summed E-state index contributed by atoms with van der Waals surface area (Å²) in [7, 11) is 0. The van der Waals surface area contributed by atoms with Crippen LogP contribution in [0.25, 0.3) is 0 Å². The second-order valence-electron chi connectivity index (χ2n) is 5.06. The molecule has 1 aliphatic heterocycles. The zero-order valence-corrected chi connectivity index (χ0v) is 13.6. The Morgan fingerprint density at radius 3 is 2.86 bits per heavy atom. The molecule has 0 aromatic rings. The van der Waals surface area contributed by atoms with Gasteiger partial charge in [-0.2, -0.15) is 0 Å². The molecule has 1 aliphatic rings. The number of nitrogens with zero attached hydrogens (tertiary/aromatic N) is 1. The molecule has 126 valence electrons. The fourth-order valence-electron chi connectivity index (χ4n) is 1.93. The van der Waals surface area contributed by atoms with E-state index in [-0.39, 0.29) is 18.6 Å². The van der Waals surface area contributed by atoms with Gasteiger partial charge >= 0.3 is 0 Å². The first-order valence-corrected chi connectivity index (χ1v) is 7.81. The van der Waals surface area contributed by atoms with Gasteiger partial charge in [0.25, 0.3) is 0 Å². The summed E-state index contributed by atoms with van der Waals surface area (Å²) < 4.78 is 37.8. The Morgan fingerprint density at radius 1 is 1.45 bits per heavy atom. The number of allylic oxidation sites excluding steroid dienone is 2. The Morgan fingerprint density at radius 2 is 2.23 bits per heavy atom. The van der Waals surface area contributed by atoms with Crippen LogP contribution in [-0.4, -0.2) is 32.0 Å². The summed E-state index contributed by atoms with van der Waals surface area (Å²) >= 11 is 0. The highest BCUT2D eigenvalue weighted by Crippen LogP contribution is 2.18. The molecule has 4 nitrogen and oxygen atoms in total. The normalized spacial score (nSPS) is 19.3. The highest BCUT2D eigenvalue weighted by Gasteiger charge is 2.16. The number of halogens is 2. The summed E-state index contributed by atoms with van der Waals surface area (Å²) in [6.45, 7) is 5.88. The molecule has 22 heavy (non-hydrogen) atoms. The monoisotopic (exact) mass is 316 g/mol. The molecule has 0 fully saturated rings. The molecule has 0 amide bonds. The first-order chi connectivity index (χ1) is 10.6. The largest absolute Gasteiger partial charge is 0.474 e. The van der Waals surface area contributed by atoms with Gasteiger partial charge in [0.15, 0.2) is 5.88 Å². The van der Waals surface area contributed by atoms with Crippen LogP contribution >= 0.6 is 0 Å². The molecule has 1 heterocycles. The Labute approximate surface area is 131 Å². The lowest BCUT2D eigenvalue weighted by molar-refractivity contribution is 0.142. The average Bonchev–Trinajstić information content (AvgIpc) is 2.51. The van der Waals surface area contributed by atoms with Crippen LogP contribution in [0.4, 0.5) is 8.78 Å². The summed E-state index contributed by atoms with van der Waals surface area (Å²) in [5.74, 6) is 0.805. The van der Waals surface area contributed by atoms with Crippen molar-refractivity contribution in [1.29, 1.82) is 0 Å². The second kappa shape index (κ2) is 10.3. The van der Waals surface area contributed by atoms with Crippen molar-refractivity contribution in [3.8, 4) is 0 Å². The van der Waals surface area contributed by atoms with Gasteiger partial charge in [-0.1, -0.05) is 13.8 Å². The summed E-state index contributed by atoms with van der Waals surface area (Å²) in [4.78, 5) is 4.29. The van der Waals surface area contributed by atoms with E-state index in [2.05, 4.69) is 10.3 Å². The van der Waals surface area contributed by atoms with Crippen molar-refractivity contribution >= 4 is 5.84 Å². The SMILES string of the molecule is CCCOCN=C1CCC=C(OC/C(=C(\F)CC)[C@@H](C)F)N1. The van der Waals surface area contributed by atoms with E-state index in [1.165, 1.54) is 6.92 Å². The van der Waals surface area contributed by atoms with E-state index in [1.54, 1.807) is 6.92 Å². The Kier molecular flexibility index (Phi) is 8.74. The minimum atomic E-state index is -1.36.